The fourth-order valence-electron chi connectivity index (χ4n) is 1.57. The first kappa shape index (κ1) is 14.0. The molecule has 0 atom stereocenters. The zero-order chi connectivity index (χ0) is 14.7. The highest BCUT2D eigenvalue weighted by Gasteiger charge is 2.17. The lowest BCUT2D eigenvalue weighted by atomic mass is 10.2. The Morgan fingerprint density at radius 2 is 2.35 bits per heavy atom. The van der Waals surface area contributed by atoms with Crippen LogP contribution in [0.5, 0.6) is 5.75 Å². The molecule has 0 spiro atoms. The topological polar surface area (TPSA) is 94.0 Å². The van der Waals surface area contributed by atoms with E-state index in [0.717, 1.165) is 0 Å². The Hall–Kier alpha value is -2.40. The number of imidazole rings is 1. The molecule has 0 radical (unpaired) electrons. The van der Waals surface area contributed by atoms with E-state index in [1.165, 1.54) is 10.8 Å². The number of aromatic nitrogens is 2. The number of ether oxygens (including phenoxy) is 1. The summed E-state index contributed by atoms with van der Waals surface area (Å²) >= 11 is 3.30. The van der Waals surface area contributed by atoms with Crippen molar-refractivity contribution in [3.05, 3.63) is 50.4 Å². The number of nitrogens with zero attached hydrogens (tertiary/aromatic N) is 4. The quantitative estimate of drug-likeness (QED) is 0.631. The minimum absolute atomic E-state index is 0.0921. The fraction of sp³-hybridized carbons (Fsp3) is 0.167. The molecule has 0 saturated carbocycles. The van der Waals surface area contributed by atoms with Crippen molar-refractivity contribution in [3.8, 4) is 11.8 Å². The molecular weight excluding hydrogens is 328 g/mol. The minimum Gasteiger partial charge on any atom is -0.482 e. The van der Waals surface area contributed by atoms with Gasteiger partial charge in [-0.05, 0) is 39.1 Å². The molecule has 102 valence electrons. The number of rotatable bonds is 4. The predicted octanol–water partition coefficient (Wildman–Crippen LogP) is 2.54. The Morgan fingerprint density at radius 3 is 2.90 bits per heavy atom. The summed E-state index contributed by atoms with van der Waals surface area (Å²) in [6.07, 6.45) is 1.19. The van der Waals surface area contributed by atoms with Gasteiger partial charge in [-0.15, -0.1) is 0 Å². The first-order chi connectivity index (χ1) is 9.52. The summed E-state index contributed by atoms with van der Waals surface area (Å²) in [4.78, 5) is 14.1. The van der Waals surface area contributed by atoms with E-state index in [9.17, 15) is 10.1 Å². The Labute approximate surface area is 122 Å². The van der Waals surface area contributed by atoms with Crippen LogP contribution in [0.15, 0.2) is 28.9 Å². The fourth-order valence-corrected chi connectivity index (χ4v) is 2.06. The van der Waals surface area contributed by atoms with Gasteiger partial charge in [0.2, 0.25) is 5.82 Å². The van der Waals surface area contributed by atoms with Gasteiger partial charge in [0.05, 0.1) is 23.2 Å². The van der Waals surface area contributed by atoms with Crippen LogP contribution in [-0.4, -0.2) is 14.5 Å². The van der Waals surface area contributed by atoms with Crippen LogP contribution < -0.4 is 4.74 Å². The SMILES string of the molecule is Cn1c([N+](=O)[O-])cnc1COc1ccc(C#N)cc1Br. The van der Waals surface area contributed by atoms with Crippen molar-refractivity contribution in [1.82, 2.24) is 9.55 Å². The molecule has 2 aromatic rings. The standard InChI is InChI=1S/C12H9BrN4O3/c1-16-11(15-6-12(16)17(18)19)7-20-10-3-2-8(5-14)4-9(10)13/h2-4,6H,7H2,1H3. The second-order valence-corrected chi connectivity index (χ2v) is 4.75. The maximum atomic E-state index is 10.7. The summed E-state index contributed by atoms with van der Waals surface area (Å²) in [6.45, 7) is 0.0921. The molecule has 20 heavy (non-hydrogen) atoms. The number of nitro groups is 1. The molecule has 7 nitrogen and oxygen atoms in total. The molecule has 1 heterocycles. The van der Waals surface area contributed by atoms with E-state index in [1.54, 1.807) is 25.2 Å². The van der Waals surface area contributed by atoms with Crippen molar-refractivity contribution in [2.24, 2.45) is 7.05 Å². The van der Waals surface area contributed by atoms with E-state index in [0.29, 0.717) is 21.6 Å². The summed E-state index contributed by atoms with van der Waals surface area (Å²) in [6, 6.07) is 6.93. The van der Waals surface area contributed by atoms with Crippen LogP contribution in [0.4, 0.5) is 5.82 Å². The van der Waals surface area contributed by atoms with Gasteiger partial charge < -0.3 is 14.9 Å². The Kier molecular flexibility index (Phi) is 4.00. The van der Waals surface area contributed by atoms with E-state index in [4.69, 9.17) is 10.00 Å². The van der Waals surface area contributed by atoms with Crippen molar-refractivity contribution in [2.75, 3.05) is 0 Å². The molecule has 2 rings (SSSR count). The third-order valence-corrected chi connectivity index (χ3v) is 3.28. The van der Waals surface area contributed by atoms with Crippen molar-refractivity contribution in [2.45, 2.75) is 6.61 Å². The van der Waals surface area contributed by atoms with E-state index in [2.05, 4.69) is 20.9 Å². The van der Waals surface area contributed by atoms with Crippen LogP contribution in [-0.2, 0) is 13.7 Å². The van der Waals surface area contributed by atoms with Crippen LogP contribution in [0, 0.1) is 21.4 Å². The van der Waals surface area contributed by atoms with Crippen molar-refractivity contribution in [3.63, 3.8) is 0 Å². The normalized spacial score (nSPS) is 10.1. The number of benzene rings is 1. The first-order valence-corrected chi connectivity index (χ1v) is 6.29. The zero-order valence-electron chi connectivity index (χ0n) is 10.4. The molecule has 0 aliphatic heterocycles. The molecule has 0 aliphatic carbocycles. The van der Waals surface area contributed by atoms with Crippen LogP contribution >= 0.6 is 15.9 Å². The maximum Gasteiger partial charge on any atom is 0.342 e. The first-order valence-electron chi connectivity index (χ1n) is 5.50. The Balaban J connectivity index is 2.13. The molecule has 0 saturated heterocycles. The predicted molar refractivity (Wildman–Crippen MR) is 73.1 cm³/mol. The Bertz CT molecular complexity index is 705. The average molecular weight is 337 g/mol. The van der Waals surface area contributed by atoms with Gasteiger partial charge in [-0.3, -0.25) is 0 Å². The van der Waals surface area contributed by atoms with Crippen LogP contribution in [0.1, 0.15) is 11.4 Å². The van der Waals surface area contributed by atoms with E-state index < -0.39 is 4.92 Å². The summed E-state index contributed by atoms with van der Waals surface area (Å²) in [5, 5.41) is 19.5. The maximum absolute atomic E-state index is 10.7. The molecule has 0 N–H and O–H groups in total. The highest BCUT2D eigenvalue weighted by atomic mass is 79.9. The molecule has 0 fully saturated rings. The number of hydrogen-bond acceptors (Lipinski definition) is 5. The summed E-state index contributed by atoms with van der Waals surface area (Å²) < 4.78 is 7.53. The van der Waals surface area contributed by atoms with Crippen molar-refractivity contribution in [1.29, 1.82) is 5.26 Å². The van der Waals surface area contributed by atoms with Gasteiger partial charge in [0.1, 0.15) is 11.9 Å². The zero-order valence-corrected chi connectivity index (χ0v) is 12.0. The van der Waals surface area contributed by atoms with Gasteiger partial charge >= 0.3 is 5.82 Å². The molecular formula is C12H9BrN4O3. The van der Waals surface area contributed by atoms with E-state index >= 15 is 0 Å². The second-order valence-electron chi connectivity index (χ2n) is 3.89. The van der Waals surface area contributed by atoms with Gasteiger partial charge in [-0.2, -0.15) is 5.26 Å². The third kappa shape index (κ3) is 2.78. The number of nitriles is 1. The summed E-state index contributed by atoms with van der Waals surface area (Å²) in [7, 11) is 1.55. The van der Waals surface area contributed by atoms with Crippen molar-refractivity contribution >= 4 is 21.7 Å². The van der Waals surface area contributed by atoms with Crippen LogP contribution in [0.25, 0.3) is 0 Å². The smallest absolute Gasteiger partial charge is 0.342 e. The molecule has 1 aromatic carbocycles. The molecule has 0 bridgehead atoms. The van der Waals surface area contributed by atoms with Crippen LogP contribution in [0.2, 0.25) is 0 Å². The molecule has 8 heteroatoms. The van der Waals surface area contributed by atoms with Gasteiger partial charge in [-0.25, -0.2) is 9.55 Å². The Morgan fingerprint density at radius 1 is 1.60 bits per heavy atom. The van der Waals surface area contributed by atoms with Gasteiger partial charge in [0.25, 0.3) is 0 Å². The van der Waals surface area contributed by atoms with Crippen molar-refractivity contribution < 1.29 is 9.66 Å². The van der Waals surface area contributed by atoms with Gasteiger partial charge in [0, 0.05) is 0 Å². The highest BCUT2D eigenvalue weighted by Crippen LogP contribution is 2.26. The molecule has 0 aliphatic rings. The molecule has 1 aromatic heterocycles. The molecule has 0 unspecified atom stereocenters. The van der Waals surface area contributed by atoms with Gasteiger partial charge in [-0.1, -0.05) is 0 Å². The largest absolute Gasteiger partial charge is 0.482 e. The lowest BCUT2D eigenvalue weighted by molar-refractivity contribution is -0.391. The lowest BCUT2D eigenvalue weighted by Crippen LogP contribution is -2.06. The van der Waals surface area contributed by atoms with Crippen LogP contribution in [0.3, 0.4) is 0 Å². The highest BCUT2D eigenvalue weighted by molar-refractivity contribution is 9.10. The average Bonchev–Trinajstić information content (AvgIpc) is 2.78. The van der Waals surface area contributed by atoms with E-state index in [-0.39, 0.29) is 12.4 Å². The summed E-state index contributed by atoms with van der Waals surface area (Å²) in [5.74, 6) is 0.880. The minimum atomic E-state index is -0.506. The molecule has 0 amide bonds. The third-order valence-electron chi connectivity index (χ3n) is 2.66. The second kappa shape index (κ2) is 5.71. The lowest BCUT2D eigenvalue weighted by Gasteiger charge is -2.06. The van der Waals surface area contributed by atoms with Gasteiger partial charge in [0.15, 0.2) is 6.61 Å². The number of halogens is 1. The monoisotopic (exact) mass is 336 g/mol. The van der Waals surface area contributed by atoms with E-state index in [1.807, 2.05) is 6.07 Å². The number of hydrogen-bond donors (Lipinski definition) is 0. The summed E-state index contributed by atoms with van der Waals surface area (Å²) in [5.41, 5.74) is 0.511.